The summed E-state index contributed by atoms with van der Waals surface area (Å²) < 4.78 is 8.01. The zero-order valence-electron chi connectivity index (χ0n) is 21.2. The lowest BCUT2D eigenvalue weighted by Gasteiger charge is -2.36. The van der Waals surface area contributed by atoms with Crippen molar-refractivity contribution >= 4 is 11.8 Å². The first kappa shape index (κ1) is 27.1. The molecule has 0 aromatic rings. The van der Waals surface area contributed by atoms with Crippen LogP contribution in [0.3, 0.4) is 0 Å². The second-order valence-electron chi connectivity index (χ2n) is 9.72. The van der Waals surface area contributed by atoms with E-state index in [0.717, 1.165) is 19.3 Å². The maximum Gasteiger partial charge on any atom is 0.192 e. The maximum atomic E-state index is 12.6. The van der Waals surface area contributed by atoms with Crippen LogP contribution in [-0.4, -0.2) is 54.6 Å². The predicted molar refractivity (Wildman–Crippen MR) is 122 cm³/mol. The van der Waals surface area contributed by atoms with Gasteiger partial charge in [-0.25, -0.2) is 0 Å². The van der Waals surface area contributed by atoms with Crippen LogP contribution in [0.4, 0.5) is 0 Å². The average molecular weight is 429 g/mol. The minimum absolute atomic E-state index is 0.0187. The van der Waals surface area contributed by atoms with Crippen molar-refractivity contribution in [2.45, 2.75) is 128 Å². The molecule has 30 heavy (non-hydrogen) atoms. The first-order valence-corrected chi connectivity index (χ1v) is 12.3. The van der Waals surface area contributed by atoms with Gasteiger partial charge in [0.2, 0.25) is 0 Å². The molecule has 0 fully saturated rings. The molecule has 0 aromatic heterocycles. The number of Topliss-reactive ketones (excluding diaryl/α,β-unsaturated/α-hetero) is 1. The lowest BCUT2D eigenvalue weighted by molar-refractivity contribution is -0.890. The Bertz CT molecular complexity index is 488. The van der Waals surface area contributed by atoms with E-state index < -0.39 is 24.5 Å². The van der Waals surface area contributed by atoms with Gasteiger partial charge in [-0.05, 0) is 6.42 Å². The van der Waals surface area contributed by atoms with E-state index in [4.69, 9.17) is 1.37 Å². The van der Waals surface area contributed by atoms with Gasteiger partial charge in [0.05, 0.1) is 22.5 Å². The maximum absolute atomic E-state index is 12.6. The summed E-state index contributed by atoms with van der Waals surface area (Å²) in [7, 11) is 5.09. The zero-order chi connectivity index (χ0) is 23.8. The Morgan fingerprint density at radius 2 is 1.17 bits per heavy atom. The number of nitrogens with zero attached hydrogens (tertiary/aromatic N) is 1. The van der Waals surface area contributed by atoms with Crippen molar-refractivity contribution in [2.75, 3.05) is 21.1 Å². The van der Waals surface area contributed by atoms with Crippen molar-refractivity contribution in [3.63, 3.8) is 0 Å². The van der Waals surface area contributed by atoms with E-state index in [9.17, 15) is 19.8 Å². The smallest absolute Gasteiger partial charge is 0.192 e. The molecule has 0 aromatic carbocycles. The Balaban J connectivity index is 3.87. The molecule has 0 aliphatic rings. The number of unbranched alkanes of at least 4 members (excludes halogenated alkanes) is 14. The van der Waals surface area contributed by atoms with Gasteiger partial charge in [0, 0.05) is 18.8 Å². The van der Waals surface area contributed by atoms with Crippen LogP contribution in [0.15, 0.2) is 0 Å². The monoisotopic (exact) mass is 428 g/mol. The van der Waals surface area contributed by atoms with Gasteiger partial charge in [0.1, 0.15) is 6.08 Å². The van der Waals surface area contributed by atoms with Crippen molar-refractivity contribution in [2.24, 2.45) is 0 Å². The molecule has 0 saturated heterocycles. The fourth-order valence-electron chi connectivity index (χ4n) is 4.12. The van der Waals surface area contributed by atoms with Gasteiger partial charge in [0.25, 0.3) is 0 Å². The Labute approximate surface area is 187 Å². The molecular formula is C25H49NO4. The molecule has 0 rings (SSSR count). The number of likely N-dealkylation sites (N-methyl/N-ethyl adjacent to an activating group) is 1. The van der Waals surface area contributed by atoms with E-state index in [1.807, 2.05) is 0 Å². The first-order valence-electron chi connectivity index (χ1n) is 12.8. The number of hydrogen-bond donors (Lipinski definition) is 1. The number of carboxylic acid groups (broad SMARTS) is 1. The van der Waals surface area contributed by atoms with Crippen molar-refractivity contribution in [3.05, 3.63) is 0 Å². The SMILES string of the molecule is [2H]C(O)(CC(=O)[O-])C(C(=O)CCCCCCCCCCCCCCCCC)[N+](C)(C)C. The number of carboxylic acids is 1. The first-order chi connectivity index (χ1) is 14.5. The average Bonchev–Trinajstić information content (AvgIpc) is 2.62. The molecule has 0 aliphatic heterocycles. The molecule has 2 unspecified atom stereocenters. The molecule has 0 heterocycles. The largest absolute Gasteiger partial charge is 0.550 e. The topological polar surface area (TPSA) is 77.4 Å². The molecular weight excluding hydrogens is 378 g/mol. The van der Waals surface area contributed by atoms with E-state index in [1.165, 1.54) is 77.0 Å². The molecule has 0 saturated carbocycles. The van der Waals surface area contributed by atoms with Crippen LogP contribution in [0.2, 0.25) is 0 Å². The van der Waals surface area contributed by atoms with Gasteiger partial charge in [-0.15, -0.1) is 0 Å². The molecule has 0 aliphatic carbocycles. The summed E-state index contributed by atoms with van der Waals surface area (Å²) in [6, 6.07) is -1.10. The standard InChI is InChI=1S/C25H49NO4/c1-5-6-7-8-9-10-11-12-13-14-15-16-17-18-19-20-22(27)25(26(2,3)4)23(28)21-24(29)30/h23,25,28H,5-21H2,1-4H3/i23D. The lowest BCUT2D eigenvalue weighted by atomic mass is 9.96. The Kier molecular flexibility index (Phi) is 16.0. The minimum atomic E-state index is -2.36. The fraction of sp³-hybridized carbons (Fsp3) is 0.920. The second-order valence-corrected chi connectivity index (χ2v) is 9.72. The van der Waals surface area contributed by atoms with E-state index in [2.05, 4.69) is 6.92 Å². The summed E-state index contributed by atoms with van der Waals surface area (Å²) in [6.07, 6.45) is 15.8. The minimum Gasteiger partial charge on any atom is -0.550 e. The number of rotatable bonds is 21. The summed E-state index contributed by atoms with van der Waals surface area (Å²) in [4.78, 5) is 23.5. The molecule has 0 bridgehead atoms. The van der Waals surface area contributed by atoms with Crippen molar-refractivity contribution in [1.29, 1.82) is 0 Å². The van der Waals surface area contributed by atoms with Gasteiger partial charge in [-0.1, -0.05) is 96.8 Å². The third-order valence-electron chi connectivity index (χ3n) is 5.75. The Hall–Kier alpha value is -0.940. The zero-order valence-corrected chi connectivity index (χ0v) is 20.2. The normalized spacial score (nSPS) is 15.4. The number of carbonyl (C=O) groups is 2. The summed E-state index contributed by atoms with van der Waals surface area (Å²) in [5, 5.41) is 21.2. The highest BCUT2D eigenvalue weighted by atomic mass is 16.4. The van der Waals surface area contributed by atoms with Crippen LogP contribution in [0.1, 0.15) is 117 Å². The fourth-order valence-corrected chi connectivity index (χ4v) is 4.12. The van der Waals surface area contributed by atoms with Crippen LogP contribution in [0.5, 0.6) is 0 Å². The van der Waals surface area contributed by atoms with Gasteiger partial charge in [-0.2, -0.15) is 0 Å². The molecule has 0 amide bonds. The van der Waals surface area contributed by atoms with Gasteiger partial charge in [0.15, 0.2) is 11.8 Å². The predicted octanol–water partition coefficient (Wildman–Crippen LogP) is 4.39. The van der Waals surface area contributed by atoms with E-state index in [1.54, 1.807) is 21.1 Å². The molecule has 0 spiro atoms. The number of aliphatic carboxylic acids is 1. The second kappa shape index (κ2) is 17.7. The highest BCUT2D eigenvalue weighted by Crippen LogP contribution is 2.17. The third-order valence-corrected chi connectivity index (χ3v) is 5.75. The van der Waals surface area contributed by atoms with Crippen molar-refractivity contribution in [3.8, 4) is 0 Å². The van der Waals surface area contributed by atoms with Gasteiger partial charge >= 0.3 is 0 Å². The number of aliphatic hydroxyl groups is 1. The molecule has 178 valence electrons. The van der Waals surface area contributed by atoms with Crippen LogP contribution >= 0.6 is 0 Å². The number of ketones is 1. The Morgan fingerprint density at radius 1 is 0.800 bits per heavy atom. The van der Waals surface area contributed by atoms with E-state index in [-0.39, 0.29) is 16.7 Å². The molecule has 5 heteroatoms. The highest BCUT2D eigenvalue weighted by molar-refractivity contribution is 5.84. The molecule has 2 atom stereocenters. The van der Waals surface area contributed by atoms with E-state index in [0.29, 0.717) is 0 Å². The molecule has 1 N–H and O–H groups in total. The Morgan fingerprint density at radius 3 is 1.50 bits per heavy atom. The lowest BCUT2D eigenvalue weighted by Crippen LogP contribution is -2.57. The van der Waals surface area contributed by atoms with Gasteiger partial charge in [-0.3, -0.25) is 4.79 Å². The summed E-state index contributed by atoms with van der Waals surface area (Å²) >= 11 is 0. The van der Waals surface area contributed by atoms with Gasteiger partial charge < -0.3 is 19.5 Å². The third kappa shape index (κ3) is 15.8. The van der Waals surface area contributed by atoms with Crippen LogP contribution in [0, 0.1) is 0 Å². The van der Waals surface area contributed by atoms with Crippen molar-refractivity contribution in [1.82, 2.24) is 0 Å². The summed E-state index contributed by atoms with van der Waals surface area (Å²) in [5.74, 6) is -1.77. The summed E-state index contributed by atoms with van der Waals surface area (Å²) in [5.41, 5.74) is 0. The number of carbonyl (C=O) groups excluding carboxylic acids is 2. The molecule has 0 radical (unpaired) electrons. The highest BCUT2D eigenvalue weighted by Gasteiger charge is 2.37. The van der Waals surface area contributed by atoms with Crippen LogP contribution in [0.25, 0.3) is 0 Å². The molecule has 5 nitrogen and oxygen atoms in total. The van der Waals surface area contributed by atoms with E-state index >= 15 is 0 Å². The van der Waals surface area contributed by atoms with Crippen molar-refractivity contribution < 1.29 is 25.7 Å². The number of quaternary nitrogens is 1. The summed E-state index contributed by atoms with van der Waals surface area (Å²) in [6.45, 7) is 2.25. The quantitative estimate of drug-likeness (QED) is 0.217. The van der Waals surface area contributed by atoms with Crippen LogP contribution in [-0.2, 0) is 9.59 Å². The van der Waals surface area contributed by atoms with Crippen LogP contribution < -0.4 is 5.11 Å². The number of hydrogen-bond acceptors (Lipinski definition) is 4.